The molecule has 1 atom stereocenters. The van der Waals surface area contributed by atoms with E-state index in [4.69, 9.17) is 0 Å². The van der Waals surface area contributed by atoms with E-state index in [0.717, 1.165) is 32.0 Å². The first kappa shape index (κ1) is 14.9. The lowest BCUT2D eigenvalue weighted by Gasteiger charge is -2.40. The summed E-state index contributed by atoms with van der Waals surface area (Å²) >= 11 is 0. The van der Waals surface area contributed by atoms with E-state index < -0.39 is 17.2 Å². The van der Waals surface area contributed by atoms with Crippen molar-refractivity contribution in [1.29, 1.82) is 5.26 Å². The molecule has 20 heavy (non-hydrogen) atoms. The molecule has 2 rings (SSSR count). The maximum atomic E-state index is 13.8. The number of hydrogen-bond donors (Lipinski definition) is 0. The van der Waals surface area contributed by atoms with Gasteiger partial charge in [-0.1, -0.05) is 13.0 Å². The summed E-state index contributed by atoms with van der Waals surface area (Å²) in [6.07, 6.45) is 2.40. The first-order valence-corrected chi connectivity index (χ1v) is 7.05. The number of rotatable bonds is 3. The molecule has 1 aromatic carbocycles. The first-order valence-electron chi connectivity index (χ1n) is 7.05. The van der Waals surface area contributed by atoms with Crippen LogP contribution in [0.25, 0.3) is 0 Å². The fourth-order valence-corrected chi connectivity index (χ4v) is 2.76. The number of nitriles is 1. The second-order valence-corrected chi connectivity index (χ2v) is 5.97. The molecular formula is C16H20F2N2. The van der Waals surface area contributed by atoms with E-state index in [2.05, 4.69) is 17.9 Å². The van der Waals surface area contributed by atoms with Crippen LogP contribution in [0.4, 0.5) is 8.78 Å². The molecule has 0 spiro atoms. The normalized spacial score (nSPS) is 20.4. The summed E-state index contributed by atoms with van der Waals surface area (Å²) in [6.45, 7) is 5.76. The van der Waals surface area contributed by atoms with Gasteiger partial charge in [0.2, 0.25) is 0 Å². The Bertz CT molecular complexity index is 516. The number of likely N-dealkylation sites (tertiary alicyclic amines) is 1. The van der Waals surface area contributed by atoms with E-state index in [1.54, 1.807) is 0 Å². The van der Waals surface area contributed by atoms with Gasteiger partial charge in [0.05, 0.1) is 6.07 Å². The van der Waals surface area contributed by atoms with Gasteiger partial charge >= 0.3 is 0 Å². The van der Waals surface area contributed by atoms with Crippen LogP contribution < -0.4 is 0 Å². The summed E-state index contributed by atoms with van der Waals surface area (Å²) < 4.78 is 26.7. The minimum Gasteiger partial charge on any atom is -0.285 e. The van der Waals surface area contributed by atoms with Crippen LogP contribution in [0, 0.1) is 28.9 Å². The number of benzene rings is 1. The molecule has 1 aliphatic heterocycles. The summed E-state index contributed by atoms with van der Waals surface area (Å²) in [5.41, 5.74) is -0.340. The van der Waals surface area contributed by atoms with Gasteiger partial charge in [-0.05, 0) is 50.4 Å². The van der Waals surface area contributed by atoms with Crippen LogP contribution in [0.15, 0.2) is 18.2 Å². The van der Waals surface area contributed by atoms with Gasteiger partial charge in [-0.25, -0.2) is 8.78 Å². The van der Waals surface area contributed by atoms with Crippen LogP contribution in [0.2, 0.25) is 0 Å². The van der Waals surface area contributed by atoms with Gasteiger partial charge in [0, 0.05) is 12.5 Å². The molecule has 0 aliphatic carbocycles. The molecule has 0 bridgehead atoms. The minimum absolute atomic E-state index is 0.282. The Balaban J connectivity index is 2.17. The lowest BCUT2D eigenvalue weighted by atomic mass is 9.88. The summed E-state index contributed by atoms with van der Waals surface area (Å²) in [7, 11) is 0. The monoisotopic (exact) mass is 278 g/mol. The van der Waals surface area contributed by atoms with Gasteiger partial charge in [0.1, 0.15) is 17.2 Å². The third-order valence-corrected chi connectivity index (χ3v) is 4.27. The average molecular weight is 278 g/mol. The second-order valence-electron chi connectivity index (χ2n) is 5.97. The largest absolute Gasteiger partial charge is 0.285 e. The predicted octanol–water partition coefficient (Wildman–Crippen LogP) is 3.52. The minimum atomic E-state index is -0.737. The van der Waals surface area contributed by atoms with E-state index in [1.807, 2.05) is 6.92 Å². The zero-order chi connectivity index (χ0) is 14.8. The van der Waals surface area contributed by atoms with E-state index in [0.29, 0.717) is 11.5 Å². The Morgan fingerprint density at radius 3 is 2.55 bits per heavy atom. The molecule has 0 amide bonds. The molecule has 0 radical (unpaired) electrons. The van der Waals surface area contributed by atoms with Crippen molar-refractivity contribution in [3.05, 3.63) is 35.4 Å². The molecule has 0 aromatic heterocycles. The molecule has 4 heteroatoms. The molecule has 0 N–H and O–H groups in total. The van der Waals surface area contributed by atoms with E-state index in [-0.39, 0.29) is 6.42 Å². The van der Waals surface area contributed by atoms with Crippen LogP contribution in [0.5, 0.6) is 0 Å². The zero-order valence-electron chi connectivity index (χ0n) is 12.0. The zero-order valence-corrected chi connectivity index (χ0v) is 12.0. The van der Waals surface area contributed by atoms with Crippen LogP contribution in [0.3, 0.4) is 0 Å². The quantitative estimate of drug-likeness (QED) is 0.846. The number of hydrogen-bond acceptors (Lipinski definition) is 2. The maximum Gasteiger partial charge on any atom is 0.129 e. The van der Waals surface area contributed by atoms with Crippen molar-refractivity contribution in [2.24, 2.45) is 5.92 Å². The van der Waals surface area contributed by atoms with Gasteiger partial charge < -0.3 is 0 Å². The highest BCUT2D eigenvalue weighted by Gasteiger charge is 2.34. The standard InChI is InChI=1S/C16H20F2N2/c1-12-5-7-20(8-6-12)16(2,11-19)10-13-3-4-14(17)9-15(13)18/h3-4,9,12H,5-8,10H2,1-2H3. The second kappa shape index (κ2) is 5.88. The van der Waals surface area contributed by atoms with Gasteiger partial charge in [0.25, 0.3) is 0 Å². The van der Waals surface area contributed by atoms with Crippen molar-refractivity contribution >= 4 is 0 Å². The lowest BCUT2D eigenvalue weighted by molar-refractivity contribution is 0.103. The topological polar surface area (TPSA) is 27.0 Å². The Labute approximate surface area is 119 Å². The Kier molecular flexibility index (Phi) is 4.39. The summed E-state index contributed by atoms with van der Waals surface area (Å²) in [5, 5.41) is 9.52. The van der Waals surface area contributed by atoms with Crippen molar-refractivity contribution in [3.63, 3.8) is 0 Å². The highest BCUT2D eigenvalue weighted by Crippen LogP contribution is 2.27. The van der Waals surface area contributed by atoms with Crippen LogP contribution >= 0.6 is 0 Å². The van der Waals surface area contributed by atoms with Crippen LogP contribution in [-0.4, -0.2) is 23.5 Å². The van der Waals surface area contributed by atoms with Crippen molar-refractivity contribution in [2.45, 2.75) is 38.6 Å². The van der Waals surface area contributed by atoms with Gasteiger partial charge in [0.15, 0.2) is 0 Å². The fraction of sp³-hybridized carbons (Fsp3) is 0.562. The van der Waals surface area contributed by atoms with Crippen molar-refractivity contribution < 1.29 is 8.78 Å². The van der Waals surface area contributed by atoms with Crippen LogP contribution in [0.1, 0.15) is 32.3 Å². The van der Waals surface area contributed by atoms with E-state index in [1.165, 1.54) is 12.1 Å². The maximum absolute atomic E-state index is 13.8. The van der Waals surface area contributed by atoms with Gasteiger partial charge in [-0.3, -0.25) is 4.90 Å². The molecule has 0 saturated carbocycles. The molecule has 1 aliphatic rings. The van der Waals surface area contributed by atoms with Gasteiger partial charge in [-0.15, -0.1) is 0 Å². The molecule has 1 fully saturated rings. The highest BCUT2D eigenvalue weighted by atomic mass is 19.1. The molecule has 1 heterocycles. The number of halogens is 2. The SMILES string of the molecule is CC1CCN(C(C)(C#N)Cc2ccc(F)cc2F)CC1. The third kappa shape index (κ3) is 3.16. The number of nitrogens with zero attached hydrogens (tertiary/aromatic N) is 2. The summed E-state index contributed by atoms with van der Waals surface area (Å²) in [5.74, 6) is -0.481. The van der Waals surface area contributed by atoms with Crippen molar-refractivity contribution in [3.8, 4) is 6.07 Å². The van der Waals surface area contributed by atoms with Gasteiger partial charge in [-0.2, -0.15) is 5.26 Å². The fourth-order valence-electron chi connectivity index (χ4n) is 2.76. The Morgan fingerprint density at radius 1 is 1.35 bits per heavy atom. The molecule has 1 aromatic rings. The van der Waals surface area contributed by atoms with Crippen molar-refractivity contribution in [2.75, 3.05) is 13.1 Å². The van der Waals surface area contributed by atoms with Crippen LogP contribution in [-0.2, 0) is 6.42 Å². The van der Waals surface area contributed by atoms with Crippen molar-refractivity contribution in [1.82, 2.24) is 4.90 Å². The Hall–Kier alpha value is -1.47. The lowest BCUT2D eigenvalue weighted by Crippen LogP contribution is -2.50. The van der Waals surface area contributed by atoms with E-state index in [9.17, 15) is 14.0 Å². The Morgan fingerprint density at radius 2 is 2.00 bits per heavy atom. The third-order valence-electron chi connectivity index (χ3n) is 4.27. The smallest absolute Gasteiger partial charge is 0.129 e. The van der Waals surface area contributed by atoms with E-state index >= 15 is 0 Å². The predicted molar refractivity (Wildman–Crippen MR) is 74.1 cm³/mol. The molecule has 108 valence electrons. The molecular weight excluding hydrogens is 258 g/mol. The first-order chi connectivity index (χ1) is 9.44. The summed E-state index contributed by atoms with van der Waals surface area (Å²) in [4.78, 5) is 2.12. The number of piperidine rings is 1. The molecule has 1 unspecified atom stereocenters. The average Bonchev–Trinajstić information content (AvgIpc) is 2.42. The molecule has 1 saturated heterocycles. The summed E-state index contributed by atoms with van der Waals surface area (Å²) in [6, 6.07) is 5.88. The highest BCUT2D eigenvalue weighted by molar-refractivity contribution is 5.24. The molecule has 2 nitrogen and oxygen atoms in total.